The number of unbranched alkanes of at least 4 members (excludes halogenated alkanes) is 1. The van der Waals surface area contributed by atoms with Crippen LogP contribution in [-0.4, -0.2) is 18.4 Å². The molecule has 1 aromatic heterocycles. The Labute approximate surface area is 113 Å². The van der Waals surface area contributed by atoms with Gasteiger partial charge < -0.3 is 4.98 Å². The van der Waals surface area contributed by atoms with E-state index in [0.29, 0.717) is 5.69 Å². The fourth-order valence-electron chi connectivity index (χ4n) is 1.72. The fraction of sp³-hybridized carbons (Fsp3) is 0.308. The average molecular weight is 279 g/mol. The van der Waals surface area contributed by atoms with Crippen molar-refractivity contribution in [2.45, 2.75) is 31.2 Å². The number of rotatable bonds is 6. The van der Waals surface area contributed by atoms with Gasteiger partial charge in [-0.3, -0.25) is 4.72 Å². The summed E-state index contributed by atoms with van der Waals surface area (Å²) >= 11 is 0. The molecule has 0 bridgehead atoms. The van der Waals surface area contributed by atoms with Crippen molar-refractivity contribution in [3.63, 3.8) is 0 Å². The highest BCUT2D eigenvalue weighted by molar-refractivity contribution is 7.92. The zero-order chi connectivity index (χ0) is 13.7. The Bertz CT molecular complexity index is 604. The fourth-order valence-corrected chi connectivity index (χ4v) is 2.68. The van der Waals surface area contributed by atoms with Gasteiger partial charge >= 0.3 is 0 Å². The molecule has 0 aliphatic rings. The van der Waals surface area contributed by atoms with E-state index in [1.165, 1.54) is 18.1 Å². The molecule has 0 unspecified atom stereocenters. The molecule has 1 heterocycles. The van der Waals surface area contributed by atoms with Crippen molar-refractivity contribution in [2.75, 3.05) is 4.72 Å². The van der Waals surface area contributed by atoms with Crippen molar-refractivity contribution < 1.29 is 8.42 Å². The molecule has 0 fully saturated rings. The topological polar surface area (TPSA) is 74.8 Å². The summed E-state index contributed by atoms with van der Waals surface area (Å²) in [5, 5.41) is 0.0579. The molecule has 0 atom stereocenters. The number of benzene rings is 1. The van der Waals surface area contributed by atoms with Crippen LogP contribution in [0.3, 0.4) is 0 Å². The molecule has 5 nitrogen and oxygen atoms in total. The van der Waals surface area contributed by atoms with E-state index in [1.54, 1.807) is 12.1 Å². The molecule has 2 rings (SSSR count). The Hall–Kier alpha value is -1.82. The second-order valence-electron chi connectivity index (χ2n) is 4.32. The molecule has 0 radical (unpaired) electrons. The monoisotopic (exact) mass is 279 g/mol. The quantitative estimate of drug-likeness (QED) is 0.853. The van der Waals surface area contributed by atoms with Gasteiger partial charge in [0.2, 0.25) is 0 Å². The molecular weight excluding hydrogens is 262 g/mol. The Morgan fingerprint density at radius 2 is 2.00 bits per heavy atom. The van der Waals surface area contributed by atoms with E-state index >= 15 is 0 Å². The van der Waals surface area contributed by atoms with Crippen molar-refractivity contribution in [1.29, 1.82) is 0 Å². The first-order valence-corrected chi connectivity index (χ1v) is 7.70. The zero-order valence-corrected chi connectivity index (χ0v) is 11.6. The predicted molar refractivity (Wildman–Crippen MR) is 74.5 cm³/mol. The summed E-state index contributed by atoms with van der Waals surface area (Å²) in [6, 6.07) is 7.44. The van der Waals surface area contributed by atoms with Crippen LogP contribution in [0.5, 0.6) is 0 Å². The number of hydrogen-bond donors (Lipinski definition) is 2. The van der Waals surface area contributed by atoms with Gasteiger partial charge in [-0.05, 0) is 30.5 Å². The van der Waals surface area contributed by atoms with Crippen LogP contribution in [0, 0.1) is 0 Å². The van der Waals surface area contributed by atoms with Gasteiger partial charge in [-0.25, -0.2) is 4.98 Å². The van der Waals surface area contributed by atoms with E-state index in [1.807, 2.05) is 12.1 Å². The van der Waals surface area contributed by atoms with E-state index in [0.717, 1.165) is 19.3 Å². The van der Waals surface area contributed by atoms with Gasteiger partial charge in [-0.1, -0.05) is 25.5 Å². The van der Waals surface area contributed by atoms with Crippen LogP contribution in [0.4, 0.5) is 5.69 Å². The number of nitrogens with zero attached hydrogens (tertiary/aromatic N) is 1. The molecule has 2 N–H and O–H groups in total. The first kappa shape index (κ1) is 13.6. The SMILES string of the molecule is CCCCc1ccc(NS(=O)(=O)c2cnc[nH]2)cc1. The third kappa shape index (κ3) is 3.57. The highest BCUT2D eigenvalue weighted by Crippen LogP contribution is 2.15. The minimum absolute atomic E-state index is 0.0579. The first-order valence-electron chi connectivity index (χ1n) is 6.22. The summed E-state index contributed by atoms with van der Waals surface area (Å²) < 4.78 is 26.4. The van der Waals surface area contributed by atoms with Crippen molar-refractivity contribution in [3.05, 3.63) is 42.4 Å². The average Bonchev–Trinajstić information content (AvgIpc) is 2.92. The van der Waals surface area contributed by atoms with E-state index in [9.17, 15) is 8.42 Å². The summed E-state index contributed by atoms with van der Waals surface area (Å²) in [7, 11) is -3.57. The molecule has 1 aromatic carbocycles. The van der Waals surface area contributed by atoms with Crippen molar-refractivity contribution in [2.24, 2.45) is 0 Å². The number of aromatic nitrogens is 2. The number of anilines is 1. The minimum Gasteiger partial charge on any atom is -0.334 e. The zero-order valence-electron chi connectivity index (χ0n) is 10.8. The van der Waals surface area contributed by atoms with Crippen LogP contribution >= 0.6 is 0 Å². The number of aromatic amines is 1. The molecule has 0 spiro atoms. The van der Waals surface area contributed by atoms with Crippen molar-refractivity contribution in [1.82, 2.24) is 9.97 Å². The van der Waals surface area contributed by atoms with Gasteiger partial charge in [-0.2, -0.15) is 8.42 Å². The maximum atomic E-state index is 11.9. The summed E-state index contributed by atoms with van der Waals surface area (Å²) in [4.78, 5) is 6.28. The van der Waals surface area contributed by atoms with Gasteiger partial charge in [0, 0.05) is 5.69 Å². The molecule has 102 valence electrons. The van der Waals surface area contributed by atoms with E-state index in [-0.39, 0.29) is 5.03 Å². The normalized spacial score (nSPS) is 11.4. The molecule has 19 heavy (non-hydrogen) atoms. The smallest absolute Gasteiger partial charge is 0.278 e. The van der Waals surface area contributed by atoms with E-state index < -0.39 is 10.0 Å². The number of imidazole rings is 1. The summed E-state index contributed by atoms with van der Waals surface area (Å²) in [6.45, 7) is 2.15. The molecule has 6 heteroatoms. The maximum absolute atomic E-state index is 11.9. The van der Waals surface area contributed by atoms with Gasteiger partial charge in [0.15, 0.2) is 5.03 Å². The highest BCUT2D eigenvalue weighted by Gasteiger charge is 2.15. The van der Waals surface area contributed by atoms with Crippen molar-refractivity contribution >= 4 is 15.7 Å². The minimum atomic E-state index is -3.57. The number of nitrogens with one attached hydrogen (secondary N) is 2. The molecule has 0 aliphatic carbocycles. The van der Waals surface area contributed by atoms with Crippen LogP contribution in [0.1, 0.15) is 25.3 Å². The molecule has 0 saturated heterocycles. The molecule has 0 aliphatic heterocycles. The van der Waals surface area contributed by atoms with Gasteiger partial charge in [-0.15, -0.1) is 0 Å². The first-order chi connectivity index (χ1) is 9.12. The second-order valence-corrected chi connectivity index (χ2v) is 5.97. The summed E-state index contributed by atoms with van der Waals surface area (Å²) in [5.74, 6) is 0. The number of aryl methyl sites for hydroxylation is 1. The second kappa shape index (κ2) is 5.88. The van der Waals surface area contributed by atoms with Gasteiger partial charge in [0.25, 0.3) is 10.0 Å². The van der Waals surface area contributed by atoms with Crippen LogP contribution in [-0.2, 0) is 16.4 Å². The Morgan fingerprint density at radius 1 is 1.26 bits per heavy atom. The largest absolute Gasteiger partial charge is 0.334 e. The Balaban J connectivity index is 2.07. The highest BCUT2D eigenvalue weighted by atomic mass is 32.2. The summed E-state index contributed by atoms with van der Waals surface area (Å²) in [6.07, 6.45) is 5.91. The summed E-state index contributed by atoms with van der Waals surface area (Å²) in [5.41, 5.74) is 1.76. The van der Waals surface area contributed by atoms with Crippen LogP contribution in [0.15, 0.2) is 41.8 Å². The molecule has 0 saturated carbocycles. The van der Waals surface area contributed by atoms with Crippen LogP contribution in [0.2, 0.25) is 0 Å². The number of hydrogen-bond acceptors (Lipinski definition) is 3. The number of sulfonamides is 1. The van der Waals surface area contributed by atoms with Crippen LogP contribution < -0.4 is 4.72 Å². The Morgan fingerprint density at radius 3 is 2.58 bits per heavy atom. The number of H-pyrrole nitrogens is 1. The van der Waals surface area contributed by atoms with Crippen molar-refractivity contribution in [3.8, 4) is 0 Å². The third-order valence-corrected chi connectivity index (χ3v) is 4.09. The lowest BCUT2D eigenvalue weighted by Crippen LogP contribution is -2.13. The lowest BCUT2D eigenvalue weighted by Gasteiger charge is -2.07. The van der Waals surface area contributed by atoms with Crippen LogP contribution in [0.25, 0.3) is 0 Å². The third-order valence-electron chi connectivity index (χ3n) is 2.79. The molecular formula is C13H17N3O2S. The van der Waals surface area contributed by atoms with E-state index in [4.69, 9.17) is 0 Å². The lowest BCUT2D eigenvalue weighted by molar-refractivity contribution is 0.598. The standard InChI is InChI=1S/C13H17N3O2S/c1-2-3-4-11-5-7-12(8-6-11)16-19(17,18)13-9-14-10-15-13/h5-10,16H,2-4H2,1H3,(H,14,15). The Kier molecular flexibility index (Phi) is 4.21. The van der Waals surface area contributed by atoms with E-state index in [2.05, 4.69) is 21.6 Å². The van der Waals surface area contributed by atoms with Gasteiger partial charge in [0.05, 0.1) is 12.5 Å². The maximum Gasteiger partial charge on any atom is 0.278 e. The molecule has 0 amide bonds. The lowest BCUT2D eigenvalue weighted by atomic mass is 10.1. The predicted octanol–water partition coefficient (Wildman–Crippen LogP) is 2.55. The molecule has 2 aromatic rings. The van der Waals surface area contributed by atoms with Gasteiger partial charge in [0.1, 0.15) is 0 Å².